The van der Waals surface area contributed by atoms with Crippen LogP contribution in [0, 0.1) is 0 Å². The standard InChI is InChI=1S/C15H11N5O2S/c21-14(10-3-4-13-16-5-6-20(13)9-10)17-8-12-18-15(22-19-12)11-2-1-7-23-11/h1-7,9H,8H2,(H,17,21). The zero-order valence-corrected chi connectivity index (χ0v) is 12.7. The molecule has 23 heavy (non-hydrogen) atoms. The number of hydrogen-bond acceptors (Lipinski definition) is 6. The van der Waals surface area contributed by atoms with Crippen LogP contribution in [0.1, 0.15) is 16.2 Å². The molecule has 4 aromatic rings. The maximum absolute atomic E-state index is 12.2. The summed E-state index contributed by atoms with van der Waals surface area (Å²) in [7, 11) is 0. The van der Waals surface area contributed by atoms with E-state index < -0.39 is 0 Å². The Labute approximate surface area is 134 Å². The van der Waals surface area contributed by atoms with Gasteiger partial charge in [-0.05, 0) is 23.6 Å². The average Bonchev–Trinajstić information content (AvgIpc) is 3.32. The first-order valence-corrected chi connectivity index (χ1v) is 7.75. The van der Waals surface area contributed by atoms with E-state index >= 15 is 0 Å². The molecule has 0 aliphatic rings. The number of amides is 1. The number of pyridine rings is 1. The molecule has 4 rings (SSSR count). The van der Waals surface area contributed by atoms with E-state index in [4.69, 9.17) is 4.52 Å². The molecule has 1 N–H and O–H groups in total. The largest absolute Gasteiger partial charge is 0.345 e. The highest BCUT2D eigenvalue weighted by atomic mass is 32.1. The molecule has 0 spiro atoms. The van der Waals surface area contributed by atoms with Crippen molar-refractivity contribution in [2.75, 3.05) is 0 Å². The highest BCUT2D eigenvalue weighted by Gasteiger charge is 2.12. The van der Waals surface area contributed by atoms with E-state index in [9.17, 15) is 4.79 Å². The van der Waals surface area contributed by atoms with Gasteiger partial charge in [-0.15, -0.1) is 11.3 Å². The fourth-order valence-electron chi connectivity index (χ4n) is 2.14. The van der Waals surface area contributed by atoms with E-state index in [0.29, 0.717) is 17.3 Å². The van der Waals surface area contributed by atoms with Crippen molar-refractivity contribution in [1.29, 1.82) is 0 Å². The number of thiophene rings is 1. The van der Waals surface area contributed by atoms with Gasteiger partial charge in [-0.3, -0.25) is 4.79 Å². The molecule has 8 heteroatoms. The molecule has 0 saturated heterocycles. The van der Waals surface area contributed by atoms with Gasteiger partial charge in [0.1, 0.15) is 5.65 Å². The van der Waals surface area contributed by atoms with Gasteiger partial charge in [-0.2, -0.15) is 4.98 Å². The van der Waals surface area contributed by atoms with E-state index in [1.54, 1.807) is 35.1 Å². The number of hydrogen-bond donors (Lipinski definition) is 1. The maximum Gasteiger partial charge on any atom is 0.268 e. The Bertz CT molecular complexity index is 957. The van der Waals surface area contributed by atoms with Gasteiger partial charge in [0.25, 0.3) is 11.8 Å². The number of fused-ring (bicyclic) bond motifs is 1. The summed E-state index contributed by atoms with van der Waals surface area (Å²) in [6.45, 7) is 0.204. The van der Waals surface area contributed by atoms with Gasteiger partial charge in [0.05, 0.1) is 17.0 Å². The van der Waals surface area contributed by atoms with Crippen LogP contribution in [0.4, 0.5) is 0 Å². The smallest absolute Gasteiger partial charge is 0.268 e. The lowest BCUT2D eigenvalue weighted by atomic mass is 10.2. The molecule has 4 heterocycles. The second kappa shape index (κ2) is 5.65. The van der Waals surface area contributed by atoms with Crippen molar-refractivity contribution in [2.24, 2.45) is 0 Å². The maximum atomic E-state index is 12.2. The molecule has 7 nitrogen and oxygen atoms in total. The van der Waals surface area contributed by atoms with Crippen molar-refractivity contribution in [2.45, 2.75) is 6.54 Å². The van der Waals surface area contributed by atoms with Crippen LogP contribution in [0.15, 0.2) is 52.8 Å². The summed E-state index contributed by atoms with van der Waals surface area (Å²) in [6, 6.07) is 7.34. The van der Waals surface area contributed by atoms with Crippen LogP contribution >= 0.6 is 11.3 Å². The molecule has 0 fully saturated rings. The van der Waals surface area contributed by atoms with Crippen molar-refractivity contribution >= 4 is 22.9 Å². The van der Waals surface area contributed by atoms with Crippen molar-refractivity contribution < 1.29 is 9.32 Å². The lowest BCUT2D eigenvalue weighted by Crippen LogP contribution is -2.23. The Morgan fingerprint density at radius 1 is 1.35 bits per heavy atom. The molecule has 4 aromatic heterocycles. The minimum absolute atomic E-state index is 0.204. The summed E-state index contributed by atoms with van der Waals surface area (Å²) in [6.07, 6.45) is 5.20. The number of nitrogens with zero attached hydrogens (tertiary/aromatic N) is 4. The van der Waals surface area contributed by atoms with E-state index in [2.05, 4.69) is 20.4 Å². The van der Waals surface area contributed by atoms with Gasteiger partial charge in [-0.1, -0.05) is 11.2 Å². The third-order valence-electron chi connectivity index (χ3n) is 3.26. The highest BCUT2D eigenvalue weighted by molar-refractivity contribution is 7.13. The molecule has 0 atom stereocenters. The Morgan fingerprint density at radius 3 is 3.17 bits per heavy atom. The SMILES string of the molecule is O=C(NCc1noc(-c2cccs2)n1)c1ccc2nccn2c1. The Morgan fingerprint density at radius 2 is 2.30 bits per heavy atom. The van der Waals surface area contributed by atoms with E-state index in [1.807, 2.05) is 17.5 Å². The zero-order valence-electron chi connectivity index (χ0n) is 11.8. The third kappa shape index (κ3) is 2.71. The lowest BCUT2D eigenvalue weighted by molar-refractivity contribution is 0.0949. The van der Waals surface area contributed by atoms with Gasteiger partial charge in [0.15, 0.2) is 5.82 Å². The minimum Gasteiger partial charge on any atom is -0.345 e. The quantitative estimate of drug-likeness (QED) is 0.622. The molecule has 0 aliphatic heterocycles. The van der Waals surface area contributed by atoms with Crippen LogP contribution in [0.3, 0.4) is 0 Å². The summed E-state index contributed by atoms with van der Waals surface area (Å²) in [5.41, 5.74) is 1.33. The van der Waals surface area contributed by atoms with Crippen molar-refractivity contribution in [1.82, 2.24) is 24.8 Å². The lowest BCUT2D eigenvalue weighted by Gasteiger charge is -2.03. The molecule has 0 radical (unpaired) electrons. The average molecular weight is 325 g/mol. The van der Waals surface area contributed by atoms with Crippen molar-refractivity contribution in [3.8, 4) is 10.8 Å². The zero-order chi connectivity index (χ0) is 15.6. The van der Waals surface area contributed by atoms with Crippen LogP contribution in [0.5, 0.6) is 0 Å². The number of imidazole rings is 1. The fraction of sp³-hybridized carbons (Fsp3) is 0.0667. The molecule has 1 amide bonds. The van der Waals surface area contributed by atoms with Crippen LogP contribution in [-0.4, -0.2) is 25.4 Å². The number of aromatic nitrogens is 4. The molecular formula is C15H11N5O2S. The Hall–Kier alpha value is -3.00. The Balaban J connectivity index is 1.45. The molecular weight excluding hydrogens is 314 g/mol. The van der Waals surface area contributed by atoms with Crippen molar-refractivity contribution in [3.05, 3.63) is 59.6 Å². The van der Waals surface area contributed by atoms with Gasteiger partial charge in [0, 0.05) is 18.6 Å². The molecule has 0 unspecified atom stereocenters. The highest BCUT2D eigenvalue weighted by Crippen LogP contribution is 2.22. The van der Waals surface area contributed by atoms with Crippen LogP contribution in [-0.2, 0) is 6.54 Å². The van der Waals surface area contributed by atoms with Gasteiger partial charge < -0.3 is 14.2 Å². The summed E-state index contributed by atoms with van der Waals surface area (Å²) >= 11 is 1.52. The topological polar surface area (TPSA) is 85.3 Å². The summed E-state index contributed by atoms with van der Waals surface area (Å²) < 4.78 is 6.97. The van der Waals surface area contributed by atoms with Gasteiger partial charge in [0.2, 0.25) is 0 Å². The second-order valence-corrected chi connectivity index (χ2v) is 5.73. The number of nitrogens with one attached hydrogen (secondary N) is 1. The van der Waals surface area contributed by atoms with Crippen molar-refractivity contribution in [3.63, 3.8) is 0 Å². The first kappa shape index (κ1) is 13.6. The Kier molecular flexibility index (Phi) is 3.35. The summed E-state index contributed by atoms with van der Waals surface area (Å²) in [4.78, 5) is 21.5. The van der Waals surface area contributed by atoms with E-state index in [0.717, 1.165) is 10.5 Å². The van der Waals surface area contributed by atoms with Gasteiger partial charge >= 0.3 is 0 Å². The molecule has 114 valence electrons. The number of carbonyl (C=O) groups is 1. The molecule has 0 aromatic carbocycles. The molecule has 0 saturated carbocycles. The minimum atomic E-state index is -0.205. The normalized spacial score (nSPS) is 11.0. The monoisotopic (exact) mass is 325 g/mol. The summed E-state index contributed by atoms with van der Waals surface area (Å²) in [5, 5.41) is 8.58. The predicted molar refractivity (Wildman–Crippen MR) is 84.0 cm³/mol. The predicted octanol–water partition coefficient (Wildman–Crippen LogP) is 2.38. The third-order valence-corrected chi connectivity index (χ3v) is 4.12. The molecule has 0 aliphatic carbocycles. The second-order valence-electron chi connectivity index (χ2n) is 4.79. The first-order valence-electron chi connectivity index (χ1n) is 6.87. The van der Waals surface area contributed by atoms with Crippen LogP contribution < -0.4 is 5.32 Å². The number of carbonyl (C=O) groups excluding carboxylic acids is 1. The fourth-order valence-corrected chi connectivity index (χ4v) is 2.79. The summed E-state index contributed by atoms with van der Waals surface area (Å²) in [5.74, 6) is 0.692. The van der Waals surface area contributed by atoms with Crippen LogP contribution in [0.25, 0.3) is 16.4 Å². The van der Waals surface area contributed by atoms with Gasteiger partial charge in [-0.25, -0.2) is 4.98 Å². The van der Waals surface area contributed by atoms with Crippen LogP contribution in [0.2, 0.25) is 0 Å². The van der Waals surface area contributed by atoms with E-state index in [1.165, 1.54) is 11.3 Å². The number of rotatable bonds is 4. The first-order chi connectivity index (χ1) is 11.3. The van der Waals surface area contributed by atoms with E-state index in [-0.39, 0.29) is 12.5 Å². The molecule has 0 bridgehead atoms.